The molecular weight excluding hydrogens is 304 g/mol. The number of phenols is 2. The number of rotatable bonds is 5. The smallest absolute Gasteiger partial charge is 0.169 e. The van der Waals surface area contributed by atoms with Gasteiger partial charge in [-0.05, 0) is 30.7 Å². The van der Waals surface area contributed by atoms with E-state index in [2.05, 4.69) is 15.3 Å². The fourth-order valence-electron chi connectivity index (χ4n) is 2.45. The number of fused-ring (bicyclic) bond motifs is 1. The SMILES string of the molecule is CCC(N)CNc1nc(-c2c(O)cccc2O)nc2ccccc12. The van der Waals surface area contributed by atoms with E-state index < -0.39 is 0 Å². The van der Waals surface area contributed by atoms with Crippen LogP contribution in [0.4, 0.5) is 5.82 Å². The van der Waals surface area contributed by atoms with Gasteiger partial charge < -0.3 is 21.3 Å². The van der Waals surface area contributed by atoms with Crippen molar-refractivity contribution in [1.82, 2.24) is 9.97 Å². The minimum atomic E-state index is -0.0681. The average molecular weight is 324 g/mol. The van der Waals surface area contributed by atoms with Crippen LogP contribution in [0.15, 0.2) is 42.5 Å². The molecule has 0 amide bonds. The Morgan fingerprint density at radius 1 is 1.04 bits per heavy atom. The summed E-state index contributed by atoms with van der Waals surface area (Å²) in [7, 11) is 0. The van der Waals surface area contributed by atoms with Crippen LogP contribution in [0, 0.1) is 0 Å². The lowest BCUT2D eigenvalue weighted by Crippen LogP contribution is -2.28. The van der Waals surface area contributed by atoms with Crippen molar-refractivity contribution in [3.63, 3.8) is 0 Å². The van der Waals surface area contributed by atoms with Gasteiger partial charge in [0, 0.05) is 18.0 Å². The third-order valence-electron chi connectivity index (χ3n) is 3.90. The monoisotopic (exact) mass is 324 g/mol. The van der Waals surface area contributed by atoms with Gasteiger partial charge >= 0.3 is 0 Å². The van der Waals surface area contributed by atoms with Gasteiger partial charge in [-0.15, -0.1) is 0 Å². The number of nitrogens with zero attached hydrogens (tertiary/aromatic N) is 2. The van der Waals surface area contributed by atoms with E-state index in [0.717, 1.165) is 17.3 Å². The van der Waals surface area contributed by atoms with Crippen molar-refractivity contribution in [1.29, 1.82) is 0 Å². The van der Waals surface area contributed by atoms with Crippen LogP contribution >= 0.6 is 0 Å². The van der Waals surface area contributed by atoms with E-state index in [1.165, 1.54) is 12.1 Å². The Balaban J connectivity index is 2.13. The highest BCUT2D eigenvalue weighted by Gasteiger charge is 2.16. The van der Waals surface area contributed by atoms with Gasteiger partial charge in [0.2, 0.25) is 0 Å². The van der Waals surface area contributed by atoms with E-state index >= 15 is 0 Å². The lowest BCUT2D eigenvalue weighted by Gasteiger charge is -2.14. The van der Waals surface area contributed by atoms with E-state index in [1.54, 1.807) is 6.07 Å². The predicted octanol–water partition coefficient (Wildman–Crippen LogP) is 2.86. The number of para-hydroxylation sites is 1. The first-order valence-corrected chi connectivity index (χ1v) is 7.87. The van der Waals surface area contributed by atoms with Crippen LogP contribution in [0.2, 0.25) is 0 Å². The van der Waals surface area contributed by atoms with Crippen molar-refractivity contribution in [2.75, 3.05) is 11.9 Å². The van der Waals surface area contributed by atoms with E-state index in [4.69, 9.17) is 5.73 Å². The van der Waals surface area contributed by atoms with Gasteiger partial charge in [-0.1, -0.05) is 25.1 Å². The molecule has 6 heteroatoms. The molecule has 1 unspecified atom stereocenters. The number of nitrogens with one attached hydrogen (secondary N) is 1. The number of nitrogens with two attached hydrogens (primary N) is 1. The maximum absolute atomic E-state index is 10.1. The fraction of sp³-hybridized carbons (Fsp3) is 0.222. The Bertz CT molecular complexity index is 847. The van der Waals surface area contributed by atoms with Gasteiger partial charge in [-0.3, -0.25) is 0 Å². The summed E-state index contributed by atoms with van der Waals surface area (Å²) >= 11 is 0. The third-order valence-corrected chi connectivity index (χ3v) is 3.90. The second-order valence-electron chi connectivity index (χ2n) is 5.63. The predicted molar refractivity (Wildman–Crippen MR) is 95.1 cm³/mol. The van der Waals surface area contributed by atoms with E-state index in [-0.39, 0.29) is 28.9 Å². The molecule has 0 bridgehead atoms. The zero-order valence-electron chi connectivity index (χ0n) is 13.4. The number of benzene rings is 2. The molecule has 24 heavy (non-hydrogen) atoms. The molecule has 1 aromatic heterocycles. The van der Waals surface area contributed by atoms with Crippen molar-refractivity contribution in [3.8, 4) is 22.9 Å². The summed E-state index contributed by atoms with van der Waals surface area (Å²) in [5.74, 6) is 0.752. The van der Waals surface area contributed by atoms with E-state index in [0.29, 0.717) is 12.4 Å². The molecule has 0 saturated carbocycles. The normalized spacial score (nSPS) is 12.2. The van der Waals surface area contributed by atoms with Crippen LogP contribution in [0.3, 0.4) is 0 Å². The van der Waals surface area contributed by atoms with Crippen LogP contribution in [0.5, 0.6) is 11.5 Å². The zero-order chi connectivity index (χ0) is 17.1. The Hall–Kier alpha value is -2.86. The highest BCUT2D eigenvalue weighted by molar-refractivity contribution is 5.91. The van der Waals surface area contributed by atoms with Crippen LogP contribution in [-0.2, 0) is 0 Å². The fourth-order valence-corrected chi connectivity index (χ4v) is 2.45. The molecule has 1 heterocycles. The molecule has 0 fully saturated rings. The molecule has 124 valence electrons. The Morgan fingerprint density at radius 3 is 2.46 bits per heavy atom. The maximum Gasteiger partial charge on any atom is 0.169 e. The summed E-state index contributed by atoms with van der Waals surface area (Å²) in [6.07, 6.45) is 0.850. The van der Waals surface area contributed by atoms with Crippen LogP contribution in [-0.4, -0.2) is 32.8 Å². The molecule has 0 aliphatic carbocycles. The lowest BCUT2D eigenvalue weighted by atomic mass is 10.1. The highest BCUT2D eigenvalue weighted by Crippen LogP contribution is 2.36. The molecule has 3 rings (SSSR count). The summed E-state index contributed by atoms with van der Waals surface area (Å²) in [6, 6.07) is 12.1. The Labute approximate surface area is 140 Å². The summed E-state index contributed by atoms with van der Waals surface area (Å²) in [4.78, 5) is 8.97. The summed E-state index contributed by atoms with van der Waals surface area (Å²) in [5.41, 5.74) is 6.91. The highest BCUT2D eigenvalue weighted by atomic mass is 16.3. The molecule has 5 N–H and O–H groups in total. The minimum Gasteiger partial charge on any atom is -0.507 e. The lowest BCUT2D eigenvalue weighted by molar-refractivity contribution is 0.453. The third kappa shape index (κ3) is 3.09. The first kappa shape index (κ1) is 16.0. The molecule has 2 aromatic carbocycles. The molecule has 0 saturated heterocycles. The summed E-state index contributed by atoms with van der Waals surface area (Å²) < 4.78 is 0. The van der Waals surface area contributed by atoms with Crippen LogP contribution < -0.4 is 11.1 Å². The zero-order valence-corrected chi connectivity index (χ0v) is 13.4. The van der Waals surface area contributed by atoms with Gasteiger partial charge in [0.1, 0.15) is 22.9 Å². The van der Waals surface area contributed by atoms with Gasteiger partial charge in [0.15, 0.2) is 5.82 Å². The van der Waals surface area contributed by atoms with Crippen molar-refractivity contribution in [2.24, 2.45) is 5.73 Å². The van der Waals surface area contributed by atoms with Gasteiger partial charge in [-0.25, -0.2) is 9.97 Å². The summed E-state index contributed by atoms with van der Waals surface area (Å²) in [5, 5.41) is 24.3. The van der Waals surface area contributed by atoms with Crippen molar-refractivity contribution in [2.45, 2.75) is 19.4 Å². The van der Waals surface area contributed by atoms with E-state index in [1.807, 2.05) is 31.2 Å². The van der Waals surface area contributed by atoms with Crippen molar-refractivity contribution >= 4 is 16.7 Å². The molecule has 3 aromatic rings. The number of aromatic nitrogens is 2. The molecule has 0 radical (unpaired) electrons. The number of aromatic hydroxyl groups is 2. The number of anilines is 1. The molecule has 6 nitrogen and oxygen atoms in total. The number of phenolic OH excluding ortho intramolecular Hbond substituents is 2. The molecule has 0 aliphatic rings. The molecule has 0 aliphatic heterocycles. The molecule has 0 spiro atoms. The second-order valence-corrected chi connectivity index (χ2v) is 5.63. The van der Waals surface area contributed by atoms with Gasteiger partial charge in [0.25, 0.3) is 0 Å². The first-order chi connectivity index (χ1) is 11.6. The van der Waals surface area contributed by atoms with Crippen molar-refractivity contribution in [3.05, 3.63) is 42.5 Å². The largest absolute Gasteiger partial charge is 0.507 e. The first-order valence-electron chi connectivity index (χ1n) is 7.87. The minimum absolute atomic E-state index is 0.0145. The topological polar surface area (TPSA) is 104 Å². The van der Waals surface area contributed by atoms with Crippen molar-refractivity contribution < 1.29 is 10.2 Å². The number of hydrogen-bond donors (Lipinski definition) is 4. The van der Waals surface area contributed by atoms with Gasteiger partial charge in [-0.2, -0.15) is 0 Å². The van der Waals surface area contributed by atoms with Crippen LogP contribution in [0.1, 0.15) is 13.3 Å². The molecule has 1 atom stereocenters. The standard InChI is InChI=1S/C18H20N4O2/c1-2-11(19)10-20-17-12-6-3-4-7-13(12)21-18(22-17)16-14(23)8-5-9-15(16)24/h3-9,11,23-24H,2,10,19H2,1H3,(H,20,21,22). The summed E-state index contributed by atoms with van der Waals surface area (Å²) in [6.45, 7) is 2.60. The second kappa shape index (κ2) is 6.72. The van der Waals surface area contributed by atoms with Gasteiger partial charge in [0.05, 0.1) is 5.52 Å². The van der Waals surface area contributed by atoms with E-state index in [9.17, 15) is 10.2 Å². The number of hydrogen-bond acceptors (Lipinski definition) is 6. The molecular formula is C18H20N4O2. The Kier molecular flexibility index (Phi) is 4.48. The Morgan fingerprint density at radius 2 is 1.75 bits per heavy atom. The maximum atomic E-state index is 10.1. The quantitative estimate of drug-likeness (QED) is 0.575. The average Bonchev–Trinajstić information content (AvgIpc) is 2.59. The van der Waals surface area contributed by atoms with Crippen LogP contribution in [0.25, 0.3) is 22.3 Å².